The van der Waals surface area contributed by atoms with Crippen molar-refractivity contribution in [3.05, 3.63) is 6.92 Å². The van der Waals surface area contributed by atoms with Gasteiger partial charge in [-0.25, -0.2) is 4.79 Å². The predicted molar refractivity (Wildman–Crippen MR) is 207 cm³/mol. The largest absolute Gasteiger partial charge is 1.00 e. The zero-order chi connectivity index (χ0) is 40.5. The number of Topliss-reactive ketones (excluding diaryl/α,β-unsaturated/α-hetero) is 1. The molecule has 0 aliphatic carbocycles. The molecular weight excluding hydrogens is 740 g/mol. The number of unbranched alkanes of at least 4 members (excludes halogenated alkanes) is 15. The fourth-order valence-electron chi connectivity index (χ4n) is 5.02. The monoisotopic (exact) mass is 811 g/mol. The summed E-state index contributed by atoms with van der Waals surface area (Å²) in [6.45, 7) is 10.0. The molecule has 0 aliphatic heterocycles. The summed E-state index contributed by atoms with van der Waals surface area (Å²) >= 11 is 0. The number of carboxylic acids is 2. The van der Waals surface area contributed by atoms with Crippen LogP contribution in [0.4, 0.5) is 0 Å². The smallest absolute Gasteiger partial charge is 0.542 e. The van der Waals surface area contributed by atoms with Crippen LogP contribution < -0.4 is 62.0 Å². The van der Waals surface area contributed by atoms with Crippen LogP contribution in [-0.2, 0) is 47.7 Å². The third kappa shape index (κ3) is 47.0. The van der Waals surface area contributed by atoms with Crippen molar-refractivity contribution in [1.82, 2.24) is 10.6 Å². The summed E-state index contributed by atoms with van der Waals surface area (Å²) in [4.78, 5) is 66.1. The molecule has 0 bridgehead atoms. The maximum Gasteiger partial charge on any atom is 1.00 e. The van der Waals surface area contributed by atoms with E-state index in [1.165, 1.54) is 64.2 Å². The van der Waals surface area contributed by atoms with Gasteiger partial charge in [0.15, 0.2) is 5.78 Å². The van der Waals surface area contributed by atoms with Crippen LogP contribution in [0.2, 0.25) is 0 Å². The van der Waals surface area contributed by atoms with Crippen LogP contribution in [0.3, 0.4) is 0 Å². The van der Waals surface area contributed by atoms with Gasteiger partial charge in [0.2, 0.25) is 11.8 Å². The van der Waals surface area contributed by atoms with Crippen LogP contribution in [0.15, 0.2) is 0 Å². The molecule has 0 saturated carbocycles. The number of hydrogen-bond acceptors (Lipinski definition) is 10. The summed E-state index contributed by atoms with van der Waals surface area (Å²) in [5, 5.41) is 22.7. The van der Waals surface area contributed by atoms with E-state index in [1.807, 2.05) is 13.8 Å². The van der Waals surface area contributed by atoms with Crippen molar-refractivity contribution in [3.8, 4) is 0 Å². The number of rotatable bonds is 39. The van der Waals surface area contributed by atoms with E-state index in [1.54, 1.807) is 6.29 Å². The molecule has 0 heterocycles. The van der Waals surface area contributed by atoms with E-state index >= 15 is 0 Å². The molecule has 0 aromatic carbocycles. The molecule has 1 atom stereocenters. The fourth-order valence-corrected chi connectivity index (χ4v) is 5.02. The maximum atomic E-state index is 11.8. The number of ketones is 1. The molecule has 1 unspecified atom stereocenters. The van der Waals surface area contributed by atoms with E-state index < -0.39 is 18.0 Å². The minimum absolute atomic E-state index is 0. The van der Waals surface area contributed by atoms with Gasteiger partial charge in [0.25, 0.3) is 0 Å². The molecule has 0 aromatic heterocycles. The molecule has 0 aliphatic rings. The Kier molecular flexibility index (Phi) is 47.9. The molecule has 4 N–H and O–H groups in total. The molecule has 14 nitrogen and oxygen atoms in total. The summed E-state index contributed by atoms with van der Waals surface area (Å²) in [6.07, 6.45) is 20.8. The number of amides is 2. The van der Waals surface area contributed by atoms with Crippen molar-refractivity contribution >= 4 is 35.8 Å². The minimum atomic E-state index is -1.11. The van der Waals surface area contributed by atoms with Crippen LogP contribution >= 0.6 is 0 Å². The van der Waals surface area contributed by atoms with Gasteiger partial charge in [-0.05, 0) is 19.3 Å². The van der Waals surface area contributed by atoms with Gasteiger partial charge in [0, 0.05) is 25.3 Å². The summed E-state index contributed by atoms with van der Waals surface area (Å²) in [6, 6.07) is -1.00. The zero-order valence-corrected chi connectivity index (χ0v) is 37.5. The Bertz CT molecular complexity index is 955. The summed E-state index contributed by atoms with van der Waals surface area (Å²) in [5.41, 5.74) is 0. The van der Waals surface area contributed by atoms with Gasteiger partial charge in [-0.15, -0.1) is 6.42 Å². The number of carbonyl (C=O) groups is 5. The Labute approximate surface area is 373 Å². The molecule has 0 aromatic rings. The van der Waals surface area contributed by atoms with Crippen molar-refractivity contribution in [2.45, 2.75) is 148 Å². The molecular formula is C40H72KN2O12-. The van der Waals surface area contributed by atoms with E-state index in [0.29, 0.717) is 59.0 Å². The predicted octanol–water partition coefficient (Wildman–Crippen LogP) is 2.78. The van der Waals surface area contributed by atoms with Crippen molar-refractivity contribution in [1.29, 1.82) is 0 Å². The SMILES string of the molecule is O=[C-]CCC(NC(=O)CCCCCCCCCCCCCCCCCCC(=O)O)C(=O)O.[CH2-]COCCOCC(=O)NCCOCCOCC(=O)C(C)C.[K+]. The Morgan fingerprint density at radius 1 is 0.618 bits per heavy atom. The number of ether oxygens (including phenoxy) is 4. The van der Waals surface area contributed by atoms with E-state index in [-0.39, 0.29) is 101 Å². The van der Waals surface area contributed by atoms with Gasteiger partial charge < -0.3 is 51.5 Å². The normalized spacial score (nSPS) is 11.2. The second kappa shape index (κ2) is 45.4. The topological polar surface area (TPSA) is 204 Å². The Morgan fingerprint density at radius 2 is 1.07 bits per heavy atom. The molecule has 2 amide bonds. The van der Waals surface area contributed by atoms with Gasteiger partial charge >= 0.3 is 63.3 Å². The van der Waals surface area contributed by atoms with Crippen molar-refractivity contribution < 1.29 is 109 Å². The second-order valence-electron chi connectivity index (χ2n) is 13.5. The van der Waals surface area contributed by atoms with Crippen LogP contribution in [0.1, 0.15) is 142 Å². The molecule has 0 saturated heterocycles. The van der Waals surface area contributed by atoms with Gasteiger partial charge in [-0.1, -0.05) is 110 Å². The van der Waals surface area contributed by atoms with E-state index in [4.69, 9.17) is 29.2 Å². The van der Waals surface area contributed by atoms with E-state index in [2.05, 4.69) is 17.6 Å². The number of nitrogens with one attached hydrogen (secondary N) is 2. The Hall–Kier alpha value is -1.30. The molecule has 0 radical (unpaired) electrons. The van der Waals surface area contributed by atoms with Crippen LogP contribution in [0.25, 0.3) is 0 Å². The third-order valence-corrected chi connectivity index (χ3v) is 8.29. The maximum absolute atomic E-state index is 11.8. The number of carboxylic acid groups (broad SMARTS) is 2. The van der Waals surface area contributed by atoms with Crippen molar-refractivity contribution in [3.63, 3.8) is 0 Å². The molecule has 0 rings (SSSR count). The van der Waals surface area contributed by atoms with Crippen LogP contribution in [0.5, 0.6) is 0 Å². The molecule has 0 spiro atoms. The molecule has 316 valence electrons. The molecule has 0 fully saturated rings. The molecule has 15 heteroatoms. The van der Waals surface area contributed by atoms with Gasteiger partial charge in [0.05, 0.1) is 33.0 Å². The first-order chi connectivity index (χ1) is 26.0. The Balaban J connectivity index is -0.00000103. The zero-order valence-electron chi connectivity index (χ0n) is 34.3. The van der Waals surface area contributed by atoms with Crippen molar-refractivity contribution in [2.75, 3.05) is 59.4 Å². The molecule has 55 heavy (non-hydrogen) atoms. The van der Waals surface area contributed by atoms with Crippen LogP contribution in [-0.4, -0.2) is 111 Å². The fraction of sp³-hybridized carbons (Fsp3) is 0.825. The van der Waals surface area contributed by atoms with Crippen molar-refractivity contribution in [2.24, 2.45) is 5.92 Å². The number of carbonyl (C=O) groups excluding carboxylic acids is 4. The van der Waals surface area contributed by atoms with Gasteiger partial charge in [-0.2, -0.15) is 0 Å². The number of hydrogen-bond donors (Lipinski definition) is 4. The summed E-state index contributed by atoms with van der Waals surface area (Å²) in [5.74, 6) is -2.20. The van der Waals surface area contributed by atoms with E-state index in [9.17, 15) is 28.8 Å². The standard InChI is InChI=1S/C25H44NO6.C15H28NO6.K/c27-21-17-18-22(25(31)32)26-23(28)19-15-13-11-9-7-5-3-1-2-4-6-8-10-12-14-16-20-24(29)30;1-4-19-7-9-22-12-15(18)16-5-6-20-8-10-21-11-14(17)13(2)3;/h22H,1-20H2,(H,26,28)(H,29,30)(H,31,32);13H,1,4-12H2,2-3H3,(H,16,18);/q2*-1;+1. The average molecular weight is 812 g/mol. The third-order valence-electron chi connectivity index (χ3n) is 8.29. The number of aliphatic carboxylic acids is 2. The first-order valence-corrected chi connectivity index (χ1v) is 20.0. The summed E-state index contributed by atoms with van der Waals surface area (Å²) in [7, 11) is 0. The summed E-state index contributed by atoms with van der Waals surface area (Å²) < 4.78 is 20.5. The van der Waals surface area contributed by atoms with Gasteiger partial charge in [0.1, 0.15) is 19.3 Å². The minimum Gasteiger partial charge on any atom is -0.542 e. The van der Waals surface area contributed by atoms with Crippen LogP contribution in [0, 0.1) is 12.8 Å². The Morgan fingerprint density at radius 3 is 1.53 bits per heavy atom. The average Bonchev–Trinajstić information content (AvgIpc) is 3.13. The second-order valence-corrected chi connectivity index (χ2v) is 13.5. The quantitative estimate of drug-likeness (QED) is 0.0402. The van der Waals surface area contributed by atoms with Gasteiger partial charge in [-0.3, -0.25) is 25.5 Å². The first kappa shape index (κ1) is 58.0. The first-order valence-electron chi connectivity index (χ1n) is 20.0. The van der Waals surface area contributed by atoms with E-state index in [0.717, 1.165) is 38.5 Å².